The van der Waals surface area contributed by atoms with Crippen LogP contribution in [0.1, 0.15) is 4.88 Å². The van der Waals surface area contributed by atoms with Gasteiger partial charge in [-0.1, -0.05) is 6.07 Å². The number of hydrogen-bond acceptors (Lipinski definition) is 4. The summed E-state index contributed by atoms with van der Waals surface area (Å²) in [7, 11) is 0. The summed E-state index contributed by atoms with van der Waals surface area (Å²) in [6, 6.07) is 7.77. The highest BCUT2D eigenvalue weighted by atomic mass is 79.9. The Bertz CT molecular complexity index is 447. The van der Waals surface area contributed by atoms with E-state index in [4.69, 9.17) is 4.74 Å². The van der Waals surface area contributed by atoms with Crippen molar-refractivity contribution in [1.29, 1.82) is 0 Å². The van der Waals surface area contributed by atoms with Gasteiger partial charge in [-0.3, -0.25) is 0 Å². The normalized spacial score (nSPS) is 10.4. The fraction of sp³-hybridized carbons (Fsp3) is 0.250. The third-order valence-corrected chi connectivity index (χ3v) is 3.79. The Labute approximate surface area is 113 Å². The fourth-order valence-electron chi connectivity index (χ4n) is 1.32. The van der Waals surface area contributed by atoms with E-state index >= 15 is 0 Å². The Morgan fingerprint density at radius 1 is 1.41 bits per heavy atom. The van der Waals surface area contributed by atoms with E-state index in [1.165, 1.54) is 4.88 Å². The number of rotatable bonds is 6. The molecule has 0 fully saturated rings. The highest BCUT2D eigenvalue weighted by Gasteiger charge is 1.97. The van der Waals surface area contributed by atoms with E-state index in [9.17, 15) is 0 Å². The summed E-state index contributed by atoms with van der Waals surface area (Å²) >= 11 is 5.18. The average Bonchev–Trinajstić information content (AvgIpc) is 2.76. The molecule has 0 atom stereocenters. The number of hydrogen-bond donors (Lipinski definition) is 1. The van der Waals surface area contributed by atoms with Crippen LogP contribution in [0.4, 0.5) is 0 Å². The molecule has 90 valence electrons. The Morgan fingerprint density at radius 2 is 2.35 bits per heavy atom. The largest absolute Gasteiger partial charge is 0.476 e. The van der Waals surface area contributed by atoms with Crippen LogP contribution in [-0.2, 0) is 6.54 Å². The zero-order valence-electron chi connectivity index (χ0n) is 9.23. The van der Waals surface area contributed by atoms with Crippen LogP contribution in [0.25, 0.3) is 0 Å². The Kier molecular flexibility index (Phi) is 4.97. The molecule has 0 aliphatic rings. The molecular weight excluding hydrogens is 300 g/mol. The lowest BCUT2D eigenvalue weighted by Crippen LogP contribution is -2.20. The van der Waals surface area contributed by atoms with Gasteiger partial charge in [0.15, 0.2) is 0 Å². The van der Waals surface area contributed by atoms with Gasteiger partial charge >= 0.3 is 0 Å². The number of aromatic nitrogens is 1. The molecule has 1 N–H and O–H groups in total. The molecule has 0 radical (unpaired) electrons. The number of nitrogens with one attached hydrogen (secondary N) is 1. The highest BCUT2D eigenvalue weighted by Crippen LogP contribution is 2.19. The summed E-state index contributed by atoms with van der Waals surface area (Å²) in [6.07, 6.45) is 1.73. The SMILES string of the molecule is Brc1csc(CNCCOc2ccccn2)c1. The van der Waals surface area contributed by atoms with Crippen LogP contribution in [0.15, 0.2) is 40.3 Å². The summed E-state index contributed by atoms with van der Waals surface area (Å²) in [6.45, 7) is 2.32. The van der Waals surface area contributed by atoms with Crippen LogP contribution in [0.5, 0.6) is 5.88 Å². The van der Waals surface area contributed by atoms with Gasteiger partial charge in [0, 0.05) is 40.1 Å². The number of thiophene rings is 1. The zero-order valence-corrected chi connectivity index (χ0v) is 11.6. The summed E-state index contributed by atoms with van der Waals surface area (Å²) in [4.78, 5) is 5.40. The van der Waals surface area contributed by atoms with Gasteiger partial charge in [-0.05, 0) is 28.1 Å². The van der Waals surface area contributed by atoms with Crippen molar-refractivity contribution in [1.82, 2.24) is 10.3 Å². The Hall–Kier alpha value is -0.910. The molecule has 3 nitrogen and oxygen atoms in total. The van der Waals surface area contributed by atoms with Crippen molar-refractivity contribution < 1.29 is 4.74 Å². The van der Waals surface area contributed by atoms with Crippen molar-refractivity contribution in [2.75, 3.05) is 13.2 Å². The molecule has 2 aromatic rings. The first-order chi connectivity index (χ1) is 8.34. The first-order valence-corrected chi connectivity index (χ1v) is 6.99. The number of halogens is 1. The van der Waals surface area contributed by atoms with E-state index in [2.05, 4.69) is 37.7 Å². The molecule has 2 aromatic heterocycles. The lowest BCUT2D eigenvalue weighted by molar-refractivity contribution is 0.302. The standard InChI is InChI=1S/C12H13BrN2OS/c13-10-7-11(17-9-10)8-14-5-6-16-12-3-1-2-4-15-12/h1-4,7,9,14H,5-6,8H2. The Balaban J connectivity index is 1.61. The molecule has 0 bridgehead atoms. The average molecular weight is 313 g/mol. The molecule has 2 rings (SSSR count). The van der Waals surface area contributed by atoms with E-state index < -0.39 is 0 Å². The summed E-state index contributed by atoms with van der Waals surface area (Å²) in [5, 5.41) is 5.41. The van der Waals surface area contributed by atoms with Gasteiger partial charge in [-0.2, -0.15) is 0 Å². The van der Waals surface area contributed by atoms with Crippen molar-refractivity contribution in [3.63, 3.8) is 0 Å². The smallest absolute Gasteiger partial charge is 0.213 e. The molecule has 0 aromatic carbocycles. The molecule has 0 unspecified atom stereocenters. The van der Waals surface area contributed by atoms with Gasteiger partial charge < -0.3 is 10.1 Å². The van der Waals surface area contributed by atoms with Crippen LogP contribution >= 0.6 is 27.3 Å². The van der Waals surface area contributed by atoms with Crippen molar-refractivity contribution in [3.8, 4) is 5.88 Å². The predicted octanol–water partition coefficient (Wildman–Crippen LogP) is 3.07. The molecule has 0 saturated carbocycles. The van der Waals surface area contributed by atoms with Gasteiger partial charge in [0.1, 0.15) is 6.61 Å². The third-order valence-electron chi connectivity index (χ3n) is 2.09. The van der Waals surface area contributed by atoms with E-state index in [0.717, 1.165) is 17.6 Å². The van der Waals surface area contributed by atoms with Crippen LogP contribution in [0.3, 0.4) is 0 Å². The molecule has 0 aliphatic heterocycles. The van der Waals surface area contributed by atoms with Crippen LogP contribution < -0.4 is 10.1 Å². The molecular formula is C12H13BrN2OS. The summed E-state index contributed by atoms with van der Waals surface area (Å²) < 4.78 is 6.61. The minimum absolute atomic E-state index is 0.629. The maximum Gasteiger partial charge on any atom is 0.213 e. The van der Waals surface area contributed by atoms with Crippen LogP contribution in [0.2, 0.25) is 0 Å². The predicted molar refractivity (Wildman–Crippen MR) is 73.5 cm³/mol. The first-order valence-electron chi connectivity index (χ1n) is 5.32. The monoisotopic (exact) mass is 312 g/mol. The van der Waals surface area contributed by atoms with E-state index in [1.54, 1.807) is 17.5 Å². The number of nitrogens with zero attached hydrogens (tertiary/aromatic N) is 1. The number of pyridine rings is 1. The zero-order chi connectivity index (χ0) is 11.9. The van der Waals surface area contributed by atoms with E-state index in [-0.39, 0.29) is 0 Å². The second-order valence-corrected chi connectivity index (χ2v) is 5.34. The Morgan fingerprint density at radius 3 is 3.06 bits per heavy atom. The number of ether oxygens (including phenoxy) is 1. The van der Waals surface area contributed by atoms with Gasteiger partial charge in [-0.25, -0.2) is 4.98 Å². The van der Waals surface area contributed by atoms with Gasteiger partial charge in [0.2, 0.25) is 5.88 Å². The van der Waals surface area contributed by atoms with Gasteiger partial charge in [0.05, 0.1) is 0 Å². The van der Waals surface area contributed by atoms with Gasteiger partial charge in [0.25, 0.3) is 0 Å². The molecule has 2 heterocycles. The second-order valence-electron chi connectivity index (χ2n) is 3.42. The molecule has 0 saturated heterocycles. The van der Waals surface area contributed by atoms with Crippen LogP contribution in [0, 0.1) is 0 Å². The molecule has 0 spiro atoms. The third kappa shape index (κ3) is 4.46. The highest BCUT2D eigenvalue weighted by molar-refractivity contribution is 9.10. The van der Waals surface area contributed by atoms with E-state index in [0.29, 0.717) is 12.5 Å². The second kappa shape index (κ2) is 6.74. The fourth-order valence-corrected chi connectivity index (χ4v) is 2.74. The van der Waals surface area contributed by atoms with Gasteiger partial charge in [-0.15, -0.1) is 11.3 Å². The quantitative estimate of drug-likeness (QED) is 0.832. The minimum Gasteiger partial charge on any atom is -0.476 e. The van der Waals surface area contributed by atoms with Crippen molar-refractivity contribution in [2.24, 2.45) is 0 Å². The lowest BCUT2D eigenvalue weighted by Gasteiger charge is -2.05. The first kappa shape index (κ1) is 12.5. The van der Waals surface area contributed by atoms with Crippen LogP contribution in [-0.4, -0.2) is 18.1 Å². The summed E-state index contributed by atoms with van der Waals surface area (Å²) in [5.74, 6) is 0.674. The maximum atomic E-state index is 5.47. The maximum absolute atomic E-state index is 5.47. The minimum atomic E-state index is 0.629. The van der Waals surface area contributed by atoms with Crippen molar-refractivity contribution >= 4 is 27.3 Å². The lowest BCUT2D eigenvalue weighted by atomic mass is 10.4. The topological polar surface area (TPSA) is 34.1 Å². The molecule has 5 heteroatoms. The van der Waals surface area contributed by atoms with Crippen molar-refractivity contribution in [2.45, 2.75) is 6.54 Å². The molecule has 0 amide bonds. The molecule has 17 heavy (non-hydrogen) atoms. The van der Waals surface area contributed by atoms with Crippen molar-refractivity contribution in [3.05, 3.63) is 45.2 Å². The van der Waals surface area contributed by atoms with E-state index in [1.807, 2.05) is 18.2 Å². The molecule has 0 aliphatic carbocycles. The summed E-state index contributed by atoms with van der Waals surface area (Å²) in [5.41, 5.74) is 0.